The molecule has 0 atom stereocenters. The number of aromatic nitrogens is 2. The first kappa shape index (κ1) is 19.6. The third-order valence-corrected chi connectivity index (χ3v) is 5.59. The molecular weight excluding hydrogens is 391 g/mol. The molecule has 0 aliphatic carbocycles. The van der Waals surface area contributed by atoms with Gasteiger partial charge in [-0.2, -0.15) is 0 Å². The van der Waals surface area contributed by atoms with Crippen LogP contribution in [0.5, 0.6) is 0 Å². The summed E-state index contributed by atoms with van der Waals surface area (Å²) in [7, 11) is 0. The molecule has 1 aliphatic heterocycles. The van der Waals surface area contributed by atoms with Crippen molar-refractivity contribution in [3.05, 3.63) is 86.5 Å². The SMILES string of the molecule is CCc1c(C)nc2n(c1=O)CN(Cc1ccccc1Cl)CN2c1ccc(F)cc1. The molecule has 150 valence electrons. The van der Waals surface area contributed by atoms with Crippen molar-refractivity contribution in [2.24, 2.45) is 0 Å². The first-order valence-electron chi connectivity index (χ1n) is 9.57. The van der Waals surface area contributed by atoms with Gasteiger partial charge in [0.2, 0.25) is 5.95 Å². The van der Waals surface area contributed by atoms with E-state index < -0.39 is 0 Å². The summed E-state index contributed by atoms with van der Waals surface area (Å²) in [6.45, 7) is 5.32. The monoisotopic (exact) mass is 412 g/mol. The summed E-state index contributed by atoms with van der Waals surface area (Å²) in [5, 5.41) is 0.690. The topological polar surface area (TPSA) is 41.4 Å². The third kappa shape index (κ3) is 3.78. The predicted octanol–water partition coefficient (Wildman–Crippen LogP) is 4.48. The second-order valence-corrected chi connectivity index (χ2v) is 7.58. The smallest absolute Gasteiger partial charge is 0.259 e. The number of hydrogen-bond acceptors (Lipinski definition) is 4. The van der Waals surface area contributed by atoms with Crippen LogP contribution in [0.2, 0.25) is 5.02 Å². The van der Waals surface area contributed by atoms with Crippen molar-refractivity contribution in [3.63, 3.8) is 0 Å². The Hall–Kier alpha value is -2.70. The van der Waals surface area contributed by atoms with Gasteiger partial charge in [-0.25, -0.2) is 9.37 Å². The molecule has 29 heavy (non-hydrogen) atoms. The average Bonchev–Trinajstić information content (AvgIpc) is 2.71. The molecule has 0 saturated heterocycles. The van der Waals surface area contributed by atoms with Gasteiger partial charge in [0.05, 0.1) is 13.3 Å². The number of hydrogen-bond donors (Lipinski definition) is 0. The van der Waals surface area contributed by atoms with Gasteiger partial charge in [0, 0.05) is 28.5 Å². The van der Waals surface area contributed by atoms with Crippen molar-refractivity contribution in [1.29, 1.82) is 0 Å². The molecule has 5 nitrogen and oxygen atoms in total. The fraction of sp³-hybridized carbons (Fsp3) is 0.273. The van der Waals surface area contributed by atoms with Gasteiger partial charge in [0.1, 0.15) is 5.82 Å². The molecule has 0 amide bonds. The quantitative estimate of drug-likeness (QED) is 0.633. The second kappa shape index (κ2) is 7.97. The third-order valence-electron chi connectivity index (χ3n) is 5.22. The van der Waals surface area contributed by atoms with E-state index in [1.54, 1.807) is 16.7 Å². The molecule has 2 heterocycles. The maximum absolute atomic E-state index is 13.5. The molecule has 0 spiro atoms. The molecule has 0 unspecified atom stereocenters. The van der Waals surface area contributed by atoms with Crippen molar-refractivity contribution in [3.8, 4) is 0 Å². The highest BCUT2D eigenvalue weighted by atomic mass is 35.5. The number of halogens is 2. The number of anilines is 2. The van der Waals surface area contributed by atoms with E-state index in [-0.39, 0.29) is 11.4 Å². The van der Waals surface area contributed by atoms with E-state index in [0.717, 1.165) is 16.9 Å². The summed E-state index contributed by atoms with van der Waals surface area (Å²) in [5.74, 6) is 0.272. The summed E-state index contributed by atoms with van der Waals surface area (Å²) in [6.07, 6.45) is 0.624. The van der Waals surface area contributed by atoms with Crippen LogP contribution in [0, 0.1) is 12.7 Å². The van der Waals surface area contributed by atoms with Crippen LogP contribution in [-0.4, -0.2) is 21.1 Å². The van der Waals surface area contributed by atoms with E-state index in [9.17, 15) is 9.18 Å². The van der Waals surface area contributed by atoms with E-state index in [2.05, 4.69) is 4.90 Å². The van der Waals surface area contributed by atoms with Crippen molar-refractivity contribution < 1.29 is 4.39 Å². The number of aryl methyl sites for hydroxylation is 1. The lowest BCUT2D eigenvalue weighted by Crippen LogP contribution is -2.47. The summed E-state index contributed by atoms with van der Waals surface area (Å²) in [6, 6.07) is 13.9. The molecule has 2 aromatic carbocycles. The Morgan fingerprint density at radius 3 is 2.52 bits per heavy atom. The van der Waals surface area contributed by atoms with Crippen LogP contribution in [-0.2, 0) is 19.6 Å². The lowest BCUT2D eigenvalue weighted by molar-refractivity contribution is 0.190. The van der Waals surface area contributed by atoms with Crippen LogP contribution in [0.25, 0.3) is 0 Å². The predicted molar refractivity (Wildman–Crippen MR) is 113 cm³/mol. The molecule has 7 heteroatoms. The number of rotatable bonds is 4. The second-order valence-electron chi connectivity index (χ2n) is 7.17. The minimum Gasteiger partial charge on any atom is -0.298 e. The van der Waals surface area contributed by atoms with Gasteiger partial charge in [-0.05, 0) is 49.2 Å². The van der Waals surface area contributed by atoms with Crippen molar-refractivity contribution in [2.75, 3.05) is 11.6 Å². The highest BCUT2D eigenvalue weighted by Crippen LogP contribution is 2.29. The summed E-state index contributed by atoms with van der Waals surface area (Å²) in [4.78, 5) is 21.9. The molecule has 0 radical (unpaired) electrons. The van der Waals surface area contributed by atoms with Gasteiger partial charge in [-0.3, -0.25) is 19.2 Å². The number of nitrogens with zero attached hydrogens (tertiary/aromatic N) is 4. The Kier molecular flexibility index (Phi) is 5.39. The summed E-state index contributed by atoms with van der Waals surface area (Å²) >= 11 is 6.35. The van der Waals surface area contributed by atoms with Crippen LogP contribution < -0.4 is 10.5 Å². The molecular formula is C22H22ClFN4O. The van der Waals surface area contributed by atoms with Gasteiger partial charge >= 0.3 is 0 Å². The van der Waals surface area contributed by atoms with E-state index in [0.29, 0.717) is 42.8 Å². The van der Waals surface area contributed by atoms with Gasteiger partial charge in [0.15, 0.2) is 0 Å². The van der Waals surface area contributed by atoms with Gasteiger partial charge in [0.25, 0.3) is 5.56 Å². The van der Waals surface area contributed by atoms with E-state index in [4.69, 9.17) is 16.6 Å². The maximum atomic E-state index is 13.5. The molecule has 0 N–H and O–H groups in total. The first-order chi connectivity index (χ1) is 14.0. The zero-order chi connectivity index (χ0) is 20.5. The Balaban J connectivity index is 1.79. The van der Waals surface area contributed by atoms with Gasteiger partial charge < -0.3 is 0 Å². The van der Waals surface area contributed by atoms with Crippen LogP contribution in [0.4, 0.5) is 16.0 Å². The minimum absolute atomic E-state index is 0.0361. The van der Waals surface area contributed by atoms with Gasteiger partial charge in [-0.15, -0.1) is 0 Å². The zero-order valence-electron chi connectivity index (χ0n) is 16.4. The molecule has 1 aromatic heterocycles. The Labute approximate surface area is 174 Å². The standard InChI is InChI=1S/C22H22ClFN4O/c1-3-19-15(2)25-22-27(18-10-8-17(24)9-11-18)13-26(14-28(22)21(19)29)12-16-6-4-5-7-20(16)23/h4-11H,3,12-14H2,1-2H3. The van der Waals surface area contributed by atoms with Crippen molar-refractivity contribution in [2.45, 2.75) is 33.5 Å². The fourth-order valence-corrected chi connectivity index (χ4v) is 3.92. The highest BCUT2D eigenvalue weighted by Gasteiger charge is 2.28. The number of fused-ring (bicyclic) bond motifs is 1. The van der Waals surface area contributed by atoms with Crippen molar-refractivity contribution in [1.82, 2.24) is 14.5 Å². The van der Waals surface area contributed by atoms with E-state index >= 15 is 0 Å². The average molecular weight is 413 g/mol. The zero-order valence-corrected chi connectivity index (χ0v) is 17.2. The molecule has 3 aromatic rings. The minimum atomic E-state index is -0.304. The Bertz CT molecular complexity index is 1100. The van der Waals surface area contributed by atoms with Crippen LogP contribution >= 0.6 is 11.6 Å². The first-order valence-corrected chi connectivity index (χ1v) is 9.95. The molecule has 0 saturated carbocycles. The van der Waals surface area contributed by atoms with E-state index in [1.807, 2.05) is 43.0 Å². The molecule has 0 bridgehead atoms. The lowest BCUT2D eigenvalue weighted by atomic mass is 10.2. The van der Waals surface area contributed by atoms with Gasteiger partial charge in [-0.1, -0.05) is 36.7 Å². The fourth-order valence-electron chi connectivity index (χ4n) is 3.72. The normalized spacial score (nSPS) is 14.1. The number of benzene rings is 2. The molecule has 4 rings (SSSR count). The largest absolute Gasteiger partial charge is 0.298 e. The lowest BCUT2D eigenvalue weighted by Gasteiger charge is -2.38. The molecule has 1 aliphatic rings. The van der Waals surface area contributed by atoms with E-state index in [1.165, 1.54) is 12.1 Å². The van der Waals surface area contributed by atoms with Crippen LogP contribution in [0.1, 0.15) is 23.7 Å². The Morgan fingerprint density at radius 2 is 1.83 bits per heavy atom. The van der Waals surface area contributed by atoms with Crippen molar-refractivity contribution >= 4 is 23.2 Å². The van der Waals surface area contributed by atoms with Crippen LogP contribution in [0.15, 0.2) is 53.3 Å². The van der Waals surface area contributed by atoms with Crippen LogP contribution in [0.3, 0.4) is 0 Å². The summed E-state index contributed by atoms with van der Waals surface area (Å²) in [5.41, 5.74) is 3.17. The summed E-state index contributed by atoms with van der Waals surface area (Å²) < 4.78 is 15.2. The Morgan fingerprint density at radius 1 is 1.10 bits per heavy atom. The maximum Gasteiger partial charge on any atom is 0.259 e. The highest BCUT2D eigenvalue weighted by molar-refractivity contribution is 6.31. The molecule has 0 fully saturated rings.